The molecule has 4 nitrogen and oxygen atoms in total. The van der Waals surface area contributed by atoms with Crippen molar-refractivity contribution in [1.82, 2.24) is 9.97 Å². The number of nitrogens with zero attached hydrogens (tertiary/aromatic N) is 2. The van der Waals surface area contributed by atoms with Crippen molar-refractivity contribution >= 4 is 23.4 Å². The van der Waals surface area contributed by atoms with Crippen molar-refractivity contribution in [1.29, 1.82) is 0 Å². The van der Waals surface area contributed by atoms with Crippen LogP contribution in [-0.4, -0.2) is 15.5 Å². The van der Waals surface area contributed by atoms with Gasteiger partial charge < -0.3 is 11.1 Å². The summed E-state index contributed by atoms with van der Waals surface area (Å²) in [4.78, 5) is 8.00. The molecule has 0 bridgehead atoms. The van der Waals surface area contributed by atoms with Crippen LogP contribution in [0.5, 0.6) is 0 Å². The first-order valence-electron chi connectivity index (χ1n) is 6.57. The van der Waals surface area contributed by atoms with Crippen molar-refractivity contribution in [2.45, 2.75) is 32.2 Å². The van der Waals surface area contributed by atoms with Crippen LogP contribution in [0.2, 0.25) is 5.15 Å². The molecule has 0 unspecified atom stereocenters. The number of rotatable bonds is 5. The van der Waals surface area contributed by atoms with E-state index in [0.29, 0.717) is 11.0 Å². The van der Waals surface area contributed by atoms with Crippen LogP contribution in [0, 0.1) is 0 Å². The molecule has 106 valence electrons. The molecule has 3 N–H and O–H groups in total. The van der Waals surface area contributed by atoms with Gasteiger partial charge in [-0.05, 0) is 32.3 Å². The van der Waals surface area contributed by atoms with Crippen molar-refractivity contribution in [2.75, 3.05) is 11.1 Å². The molecule has 0 aliphatic rings. The molecular weight excluding hydrogens is 272 g/mol. The SMILES string of the molecule is CC(C)(CCc1ccccc1)Nc1cc(Cl)nc(N)n1. The summed E-state index contributed by atoms with van der Waals surface area (Å²) in [5, 5.41) is 3.70. The van der Waals surface area contributed by atoms with Crippen LogP contribution in [-0.2, 0) is 6.42 Å². The van der Waals surface area contributed by atoms with E-state index in [0.717, 1.165) is 12.8 Å². The monoisotopic (exact) mass is 290 g/mol. The maximum Gasteiger partial charge on any atom is 0.223 e. The van der Waals surface area contributed by atoms with Gasteiger partial charge in [0.05, 0.1) is 0 Å². The van der Waals surface area contributed by atoms with Gasteiger partial charge in [0, 0.05) is 11.6 Å². The number of anilines is 2. The van der Waals surface area contributed by atoms with Crippen LogP contribution in [0.4, 0.5) is 11.8 Å². The Hall–Kier alpha value is -1.81. The highest BCUT2D eigenvalue weighted by Crippen LogP contribution is 2.21. The highest BCUT2D eigenvalue weighted by Gasteiger charge is 2.18. The fraction of sp³-hybridized carbons (Fsp3) is 0.333. The number of aryl methyl sites for hydroxylation is 1. The quantitative estimate of drug-likeness (QED) is 0.827. The number of benzene rings is 1. The van der Waals surface area contributed by atoms with E-state index in [2.05, 4.69) is 53.4 Å². The van der Waals surface area contributed by atoms with Gasteiger partial charge in [-0.3, -0.25) is 0 Å². The molecule has 2 aromatic rings. The Morgan fingerprint density at radius 3 is 2.55 bits per heavy atom. The summed E-state index contributed by atoms with van der Waals surface area (Å²) in [6.07, 6.45) is 1.97. The lowest BCUT2D eigenvalue weighted by Crippen LogP contribution is -2.32. The number of hydrogen-bond acceptors (Lipinski definition) is 4. The van der Waals surface area contributed by atoms with Crippen LogP contribution >= 0.6 is 11.6 Å². The average molecular weight is 291 g/mol. The molecule has 0 fully saturated rings. The van der Waals surface area contributed by atoms with Gasteiger partial charge >= 0.3 is 0 Å². The Morgan fingerprint density at radius 1 is 1.20 bits per heavy atom. The van der Waals surface area contributed by atoms with Crippen LogP contribution < -0.4 is 11.1 Å². The van der Waals surface area contributed by atoms with Gasteiger partial charge in [0.2, 0.25) is 5.95 Å². The molecule has 0 saturated heterocycles. The number of nitrogens with one attached hydrogen (secondary N) is 1. The van der Waals surface area contributed by atoms with Gasteiger partial charge in [-0.15, -0.1) is 0 Å². The minimum absolute atomic E-state index is 0.111. The summed E-state index contributed by atoms with van der Waals surface area (Å²) in [5.41, 5.74) is 6.81. The molecule has 1 aromatic carbocycles. The molecule has 5 heteroatoms. The number of hydrogen-bond donors (Lipinski definition) is 2. The van der Waals surface area contributed by atoms with Crippen LogP contribution in [0.15, 0.2) is 36.4 Å². The van der Waals surface area contributed by atoms with Crippen LogP contribution in [0.1, 0.15) is 25.8 Å². The minimum Gasteiger partial charge on any atom is -0.368 e. The Bertz CT molecular complexity index is 549. The standard InChI is InChI=1S/C15H19ClN4/c1-15(2,9-8-11-6-4-3-5-7-11)20-13-10-12(16)18-14(17)19-13/h3-7,10H,8-9H2,1-2H3,(H3,17,18,19,20). The Balaban J connectivity index is 1.99. The minimum atomic E-state index is -0.111. The first-order chi connectivity index (χ1) is 9.44. The number of nitrogens with two attached hydrogens (primary N) is 1. The van der Waals surface area contributed by atoms with Gasteiger partial charge in [-0.2, -0.15) is 4.98 Å². The number of nitrogen functional groups attached to an aromatic ring is 1. The van der Waals surface area contributed by atoms with E-state index in [9.17, 15) is 0 Å². The fourth-order valence-electron chi connectivity index (χ4n) is 2.01. The Kier molecular flexibility index (Phi) is 4.45. The zero-order valence-corrected chi connectivity index (χ0v) is 12.5. The fourth-order valence-corrected chi connectivity index (χ4v) is 2.20. The second-order valence-corrected chi connectivity index (χ2v) is 5.82. The molecule has 1 aromatic heterocycles. The van der Waals surface area contributed by atoms with E-state index in [1.165, 1.54) is 5.56 Å². The lowest BCUT2D eigenvalue weighted by Gasteiger charge is -2.27. The first kappa shape index (κ1) is 14.6. The maximum absolute atomic E-state index is 5.88. The Labute approximate surface area is 124 Å². The molecule has 2 rings (SSSR count). The van der Waals surface area contributed by atoms with E-state index in [4.69, 9.17) is 17.3 Å². The summed E-state index contributed by atoms with van der Waals surface area (Å²) in [7, 11) is 0. The molecular formula is C15H19ClN4. The molecule has 0 radical (unpaired) electrons. The van der Waals surface area contributed by atoms with Gasteiger partial charge in [-0.25, -0.2) is 4.98 Å². The highest BCUT2D eigenvalue weighted by atomic mass is 35.5. The molecule has 0 aliphatic carbocycles. The first-order valence-corrected chi connectivity index (χ1v) is 6.95. The van der Waals surface area contributed by atoms with Gasteiger partial charge in [0.15, 0.2) is 0 Å². The normalized spacial score (nSPS) is 11.3. The molecule has 0 spiro atoms. The number of halogens is 1. The van der Waals surface area contributed by atoms with E-state index in [1.54, 1.807) is 6.07 Å². The zero-order valence-electron chi connectivity index (χ0n) is 11.7. The second-order valence-electron chi connectivity index (χ2n) is 5.43. The predicted molar refractivity (Wildman–Crippen MR) is 83.9 cm³/mol. The lowest BCUT2D eigenvalue weighted by molar-refractivity contribution is 0.516. The molecule has 0 amide bonds. The van der Waals surface area contributed by atoms with E-state index in [1.807, 2.05) is 6.07 Å². The van der Waals surface area contributed by atoms with E-state index < -0.39 is 0 Å². The van der Waals surface area contributed by atoms with Gasteiger partial charge in [0.1, 0.15) is 11.0 Å². The largest absolute Gasteiger partial charge is 0.368 e. The summed E-state index contributed by atoms with van der Waals surface area (Å²) in [6.45, 7) is 4.25. The maximum atomic E-state index is 5.88. The van der Waals surface area contributed by atoms with Crippen LogP contribution in [0.3, 0.4) is 0 Å². The smallest absolute Gasteiger partial charge is 0.223 e. The predicted octanol–water partition coefficient (Wildman–Crippen LogP) is 3.54. The third-order valence-electron chi connectivity index (χ3n) is 3.06. The molecule has 1 heterocycles. The van der Waals surface area contributed by atoms with Crippen molar-refractivity contribution in [3.8, 4) is 0 Å². The second kappa shape index (κ2) is 6.09. The van der Waals surface area contributed by atoms with Crippen molar-refractivity contribution in [3.63, 3.8) is 0 Å². The van der Waals surface area contributed by atoms with Crippen LogP contribution in [0.25, 0.3) is 0 Å². The van der Waals surface area contributed by atoms with Gasteiger partial charge in [-0.1, -0.05) is 41.9 Å². The van der Waals surface area contributed by atoms with Crippen molar-refractivity contribution in [3.05, 3.63) is 47.1 Å². The summed E-state index contributed by atoms with van der Waals surface area (Å²) in [6, 6.07) is 12.1. The van der Waals surface area contributed by atoms with Crippen molar-refractivity contribution < 1.29 is 0 Å². The number of aromatic nitrogens is 2. The summed E-state index contributed by atoms with van der Waals surface area (Å²) >= 11 is 5.88. The third-order valence-corrected chi connectivity index (χ3v) is 3.25. The highest BCUT2D eigenvalue weighted by molar-refractivity contribution is 6.29. The lowest BCUT2D eigenvalue weighted by atomic mass is 9.95. The van der Waals surface area contributed by atoms with Gasteiger partial charge in [0.25, 0.3) is 0 Å². The molecule has 0 saturated carbocycles. The topological polar surface area (TPSA) is 63.8 Å². The van der Waals surface area contributed by atoms with E-state index in [-0.39, 0.29) is 11.5 Å². The summed E-state index contributed by atoms with van der Waals surface area (Å²) in [5.74, 6) is 0.833. The third kappa shape index (κ3) is 4.38. The molecule has 20 heavy (non-hydrogen) atoms. The molecule has 0 atom stereocenters. The Morgan fingerprint density at radius 2 is 1.90 bits per heavy atom. The molecule has 0 aliphatic heterocycles. The zero-order chi connectivity index (χ0) is 14.6. The summed E-state index contributed by atoms with van der Waals surface area (Å²) < 4.78 is 0. The van der Waals surface area contributed by atoms with Crippen molar-refractivity contribution in [2.24, 2.45) is 0 Å². The van der Waals surface area contributed by atoms with E-state index >= 15 is 0 Å². The average Bonchev–Trinajstić information content (AvgIpc) is 2.36.